The molecule has 0 fully saturated rings. The van der Waals surface area contributed by atoms with Gasteiger partial charge in [-0.1, -0.05) is 49.8 Å². The Labute approximate surface area is 114 Å². The summed E-state index contributed by atoms with van der Waals surface area (Å²) in [5.41, 5.74) is 0.363. The van der Waals surface area contributed by atoms with Gasteiger partial charge in [0.2, 0.25) is 0 Å². The van der Waals surface area contributed by atoms with Gasteiger partial charge in [0, 0.05) is 5.56 Å². The average Bonchev–Trinajstić information content (AvgIpc) is 2.45. The van der Waals surface area contributed by atoms with Gasteiger partial charge in [-0.15, -0.1) is 0 Å². The van der Waals surface area contributed by atoms with E-state index in [-0.39, 0.29) is 6.10 Å². The van der Waals surface area contributed by atoms with Crippen LogP contribution in [0.4, 0.5) is 0 Å². The van der Waals surface area contributed by atoms with E-state index in [1.807, 2.05) is 19.1 Å². The van der Waals surface area contributed by atoms with Crippen LogP contribution in [0.25, 0.3) is 0 Å². The fraction of sp³-hybridized carbons (Fsp3) is 0.375. The lowest BCUT2D eigenvalue weighted by Crippen LogP contribution is -2.23. The van der Waals surface area contributed by atoms with Crippen LogP contribution >= 0.6 is 0 Å². The number of rotatable bonds is 7. The first-order valence-electron chi connectivity index (χ1n) is 6.62. The number of hydrogen-bond acceptors (Lipinski definition) is 3. The highest BCUT2D eigenvalue weighted by Gasteiger charge is 2.20. The Bertz CT molecular complexity index is 435. The molecule has 0 aliphatic carbocycles. The molecule has 1 aromatic rings. The van der Waals surface area contributed by atoms with Crippen molar-refractivity contribution in [2.75, 3.05) is 0 Å². The first kappa shape index (κ1) is 15.2. The molecule has 0 N–H and O–H groups in total. The fourth-order valence-electron chi connectivity index (χ4n) is 1.71. The summed E-state index contributed by atoms with van der Waals surface area (Å²) in [5, 5.41) is 0. The maximum atomic E-state index is 11.9. The zero-order chi connectivity index (χ0) is 14.1. The van der Waals surface area contributed by atoms with Crippen molar-refractivity contribution in [3.8, 4) is 0 Å². The number of ketones is 1. The zero-order valence-corrected chi connectivity index (χ0v) is 11.5. The van der Waals surface area contributed by atoms with Crippen LogP contribution in [0.15, 0.2) is 42.5 Å². The van der Waals surface area contributed by atoms with E-state index in [1.165, 1.54) is 0 Å². The van der Waals surface area contributed by atoms with Gasteiger partial charge in [-0.25, -0.2) is 4.79 Å². The van der Waals surface area contributed by atoms with E-state index in [0.29, 0.717) is 5.56 Å². The maximum absolute atomic E-state index is 11.9. The van der Waals surface area contributed by atoms with Gasteiger partial charge < -0.3 is 4.74 Å². The van der Waals surface area contributed by atoms with Crippen LogP contribution in [-0.2, 0) is 9.53 Å². The summed E-state index contributed by atoms with van der Waals surface area (Å²) in [4.78, 5) is 23.6. The summed E-state index contributed by atoms with van der Waals surface area (Å²) in [7, 11) is 0. The second kappa shape index (κ2) is 8.25. The van der Waals surface area contributed by atoms with Crippen molar-refractivity contribution in [2.45, 2.75) is 39.2 Å². The standard InChI is InChI=1S/C16H20O3/c1-3-5-12-14(9-4-2)19-16(18)15(17)13-10-7-6-8-11-13/h4,6-11,14H,3,5,12H2,1-2H3. The largest absolute Gasteiger partial charge is 0.452 e. The maximum Gasteiger partial charge on any atom is 0.380 e. The van der Waals surface area contributed by atoms with Gasteiger partial charge in [0.15, 0.2) is 0 Å². The van der Waals surface area contributed by atoms with Crippen molar-refractivity contribution < 1.29 is 14.3 Å². The summed E-state index contributed by atoms with van der Waals surface area (Å²) in [6.07, 6.45) is 6.06. The van der Waals surface area contributed by atoms with E-state index in [2.05, 4.69) is 6.92 Å². The Morgan fingerprint density at radius 1 is 1.26 bits per heavy atom. The van der Waals surface area contributed by atoms with Crippen molar-refractivity contribution in [3.05, 3.63) is 48.0 Å². The van der Waals surface area contributed by atoms with Gasteiger partial charge in [-0.05, 0) is 25.8 Å². The number of esters is 1. The van der Waals surface area contributed by atoms with E-state index in [9.17, 15) is 9.59 Å². The second-order valence-electron chi connectivity index (χ2n) is 4.31. The quantitative estimate of drug-likeness (QED) is 0.326. The molecule has 0 spiro atoms. The number of unbranched alkanes of at least 4 members (excludes halogenated alkanes) is 1. The molecule has 1 aromatic carbocycles. The van der Waals surface area contributed by atoms with Crippen molar-refractivity contribution in [1.29, 1.82) is 0 Å². The Hall–Kier alpha value is -1.90. The SMILES string of the molecule is CC=CC(CCCC)OC(=O)C(=O)c1ccccc1. The lowest BCUT2D eigenvalue weighted by Gasteiger charge is -2.13. The zero-order valence-electron chi connectivity index (χ0n) is 11.5. The summed E-state index contributed by atoms with van der Waals surface area (Å²) in [6, 6.07) is 8.47. The molecule has 0 saturated carbocycles. The molecule has 0 amide bonds. The monoisotopic (exact) mass is 260 g/mol. The van der Waals surface area contributed by atoms with E-state index in [1.54, 1.807) is 30.3 Å². The van der Waals surface area contributed by atoms with Gasteiger partial charge in [0.05, 0.1) is 0 Å². The minimum absolute atomic E-state index is 0.315. The molecule has 1 unspecified atom stereocenters. The number of Topliss-reactive ketones (excluding diaryl/α,β-unsaturated/α-hetero) is 1. The van der Waals surface area contributed by atoms with Gasteiger partial charge in [-0.3, -0.25) is 4.79 Å². The molecule has 19 heavy (non-hydrogen) atoms. The Morgan fingerprint density at radius 3 is 2.53 bits per heavy atom. The lowest BCUT2D eigenvalue weighted by molar-refractivity contribution is -0.141. The third kappa shape index (κ3) is 5.08. The van der Waals surface area contributed by atoms with E-state index in [4.69, 9.17) is 4.74 Å². The molecular weight excluding hydrogens is 240 g/mol. The lowest BCUT2D eigenvalue weighted by atomic mass is 10.1. The normalized spacial score (nSPS) is 12.3. The molecule has 1 atom stereocenters. The smallest absolute Gasteiger partial charge is 0.380 e. The van der Waals surface area contributed by atoms with Gasteiger partial charge in [0.1, 0.15) is 6.10 Å². The molecular formula is C16H20O3. The van der Waals surface area contributed by atoms with Crippen LogP contribution < -0.4 is 0 Å². The van der Waals surface area contributed by atoms with Crippen molar-refractivity contribution in [2.24, 2.45) is 0 Å². The Morgan fingerprint density at radius 2 is 1.95 bits per heavy atom. The molecule has 3 heteroatoms. The molecule has 0 heterocycles. The third-order valence-electron chi connectivity index (χ3n) is 2.73. The van der Waals surface area contributed by atoms with Crippen LogP contribution in [0, 0.1) is 0 Å². The molecule has 0 aromatic heterocycles. The molecule has 0 radical (unpaired) electrons. The predicted molar refractivity (Wildman–Crippen MR) is 75.0 cm³/mol. The number of hydrogen-bond donors (Lipinski definition) is 0. The van der Waals surface area contributed by atoms with Gasteiger partial charge in [-0.2, -0.15) is 0 Å². The highest BCUT2D eigenvalue weighted by Crippen LogP contribution is 2.09. The molecule has 1 rings (SSSR count). The first-order valence-corrected chi connectivity index (χ1v) is 6.62. The number of benzene rings is 1. The summed E-state index contributed by atoms with van der Waals surface area (Å²) < 4.78 is 5.23. The number of allylic oxidation sites excluding steroid dienone is 1. The van der Waals surface area contributed by atoms with Gasteiger partial charge >= 0.3 is 5.97 Å². The molecule has 0 bridgehead atoms. The molecule has 0 saturated heterocycles. The minimum Gasteiger partial charge on any atom is -0.452 e. The van der Waals surface area contributed by atoms with Crippen molar-refractivity contribution in [1.82, 2.24) is 0 Å². The third-order valence-corrected chi connectivity index (χ3v) is 2.73. The second-order valence-corrected chi connectivity index (χ2v) is 4.31. The number of carbonyl (C=O) groups excluding carboxylic acids is 2. The first-order chi connectivity index (χ1) is 9.19. The summed E-state index contributed by atoms with van der Waals surface area (Å²) in [5.74, 6) is -1.38. The molecule has 0 aliphatic heterocycles. The Balaban J connectivity index is 2.64. The Kier molecular flexibility index (Phi) is 6.58. The van der Waals surface area contributed by atoms with E-state index >= 15 is 0 Å². The van der Waals surface area contributed by atoms with E-state index in [0.717, 1.165) is 19.3 Å². The highest BCUT2D eigenvalue weighted by molar-refractivity contribution is 6.40. The van der Waals surface area contributed by atoms with Crippen LogP contribution in [-0.4, -0.2) is 17.9 Å². The summed E-state index contributed by atoms with van der Waals surface area (Å²) >= 11 is 0. The molecule has 102 valence electrons. The summed E-state index contributed by atoms with van der Waals surface area (Å²) in [6.45, 7) is 3.94. The highest BCUT2D eigenvalue weighted by atomic mass is 16.5. The topological polar surface area (TPSA) is 43.4 Å². The van der Waals surface area contributed by atoms with E-state index < -0.39 is 11.8 Å². The predicted octanol–water partition coefficient (Wildman–Crippen LogP) is 3.55. The van der Waals surface area contributed by atoms with Crippen LogP contribution in [0.5, 0.6) is 0 Å². The van der Waals surface area contributed by atoms with Crippen LogP contribution in [0.3, 0.4) is 0 Å². The molecule has 0 aliphatic rings. The van der Waals surface area contributed by atoms with Crippen LogP contribution in [0.1, 0.15) is 43.5 Å². The minimum atomic E-state index is -0.787. The molecule has 3 nitrogen and oxygen atoms in total. The van der Waals surface area contributed by atoms with Crippen LogP contribution in [0.2, 0.25) is 0 Å². The fourth-order valence-corrected chi connectivity index (χ4v) is 1.71. The van der Waals surface area contributed by atoms with Crippen molar-refractivity contribution in [3.63, 3.8) is 0 Å². The number of ether oxygens (including phenoxy) is 1. The van der Waals surface area contributed by atoms with Crippen molar-refractivity contribution >= 4 is 11.8 Å². The van der Waals surface area contributed by atoms with Gasteiger partial charge in [0.25, 0.3) is 5.78 Å². The number of carbonyl (C=O) groups is 2. The average molecular weight is 260 g/mol.